The summed E-state index contributed by atoms with van der Waals surface area (Å²) in [6.45, 7) is 12.1. The third kappa shape index (κ3) is 4.89. The molecule has 1 aliphatic heterocycles. The highest BCUT2D eigenvalue weighted by atomic mass is 15.2. The van der Waals surface area contributed by atoms with Crippen LogP contribution in [0.25, 0.3) is 0 Å². The molecule has 1 saturated heterocycles. The van der Waals surface area contributed by atoms with Crippen LogP contribution in [-0.2, 0) is 0 Å². The quantitative estimate of drug-likeness (QED) is 0.826. The molecule has 18 heavy (non-hydrogen) atoms. The SMILES string of the molecule is CC(C)(C)NCC1CCN(CC2CCCCC2)C1. The van der Waals surface area contributed by atoms with E-state index in [4.69, 9.17) is 0 Å². The second-order valence-electron chi connectivity index (χ2n) is 7.55. The predicted molar refractivity (Wildman–Crippen MR) is 78.9 cm³/mol. The molecule has 2 nitrogen and oxygen atoms in total. The first-order chi connectivity index (χ1) is 8.53. The minimum Gasteiger partial charge on any atom is -0.312 e. The fourth-order valence-electron chi connectivity index (χ4n) is 3.43. The topological polar surface area (TPSA) is 15.3 Å². The second-order valence-corrected chi connectivity index (χ2v) is 7.55. The number of likely N-dealkylation sites (tertiary alicyclic amines) is 1. The monoisotopic (exact) mass is 252 g/mol. The van der Waals surface area contributed by atoms with E-state index in [9.17, 15) is 0 Å². The lowest BCUT2D eigenvalue weighted by molar-refractivity contribution is 0.226. The van der Waals surface area contributed by atoms with Gasteiger partial charge in [-0.15, -0.1) is 0 Å². The third-order valence-electron chi connectivity index (χ3n) is 4.53. The Morgan fingerprint density at radius 2 is 1.72 bits per heavy atom. The highest BCUT2D eigenvalue weighted by Gasteiger charge is 2.26. The average molecular weight is 252 g/mol. The highest BCUT2D eigenvalue weighted by Crippen LogP contribution is 2.26. The first kappa shape index (κ1) is 14.3. The molecule has 2 aliphatic rings. The Morgan fingerprint density at radius 1 is 1.00 bits per heavy atom. The van der Waals surface area contributed by atoms with Gasteiger partial charge >= 0.3 is 0 Å². The summed E-state index contributed by atoms with van der Waals surface area (Å²) in [5.41, 5.74) is 0.275. The maximum absolute atomic E-state index is 3.66. The number of rotatable bonds is 4. The van der Waals surface area contributed by atoms with Crippen LogP contribution in [-0.4, -0.2) is 36.6 Å². The van der Waals surface area contributed by atoms with Crippen molar-refractivity contribution in [2.45, 2.75) is 64.8 Å². The van der Waals surface area contributed by atoms with Crippen LogP contribution in [0.1, 0.15) is 59.3 Å². The maximum Gasteiger partial charge on any atom is 0.00966 e. The molecule has 0 radical (unpaired) electrons. The minimum atomic E-state index is 0.275. The zero-order chi connectivity index (χ0) is 13.0. The molecule has 1 atom stereocenters. The van der Waals surface area contributed by atoms with Crippen LogP contribution in [0.2, 0.25) is 0 Å². The normalized spacial score (nSPS) is 27.8. The second kappa shape index (κ2) is 6.38. The number of hydrogen-bond donors (Lipinski definition) is 1. The molecule has 2 rings (SSSR count). The lowest BCUT2D eigenvalue weighted by Gasteiger charge is -2.27. The molecule has 1 unspecified atom stereocenters. The molecule has 0 amide bonds. The Labute approximate surface area is 114 Å². The van der Waals surface area contributed by atoms with Gasteiger partial charge < -0.3 is 10.2 Å². The Balaban J connectivity index is 1.65. The van der Waals surface area contributed by atoms with Gasteiger partial charge in [-0.1, -0.05) is 19.3 Å². The van der Waals surface area contributed by atoms with Gasteiger partial charge in [-0.25, -0.2) is 0 Å². The molecule has 1 N–H and O–H groups in total. The van der Waals surface area contributed by atoms with Crippen LogP contribution < -0.4 is 5.32 Å². The summed E-state index contributed by atoms with van der Waals surface area (Å²) < 4.78 is 0. The van der Waals surface area contributed by atoms with Gasteiger partial charge in [0.2, 0.25) is 0 Å². The van der Waals surface area contributed by atoms with Crippen molar-refractivity contribution in [1.29, 1.82) is 0 Å². The lowest BCUT2D eigenvalue weighted by Crippen LogP contribution is -2.40. The molecule has 2 fully saturated rings. The van der Waals surface area contributed by atoms with Gasteiger partial charge in [0.15, 0.2) is 0 Å². The van der Waals surface area contributed by atoms with Crippen molar-refractivity contribution in [3.63, 3.8) is 0 Å². The van der Waals surface area contributed by atoms with E-state index in [1.54, 1.807) is 0 Å². The number of hydrogen-bond acceptors (Lipinski definition) is 2. The molecule has 0 aromatic carbocycles. The predicted octanol–water partition coefficient (Wildman–Crippen LogP) is 3.28. The van der Waals surface area contributed by atoms with Gasteiger partial charge in [-0.2, -0.15) is 0 Å². The fraction of sp³-hybridized carbons (Fsp3) is 1.00. The number of nitrogens with one attached hydrogen (secondary N) is 1. The van der Waals surface area contributed by atoms with Crippen LogP contribution in [0, 0.1) is 11.8 Å². The van der Waals surface area contributed by atoms with Crippen molar-refractivity contribution in [3.05, 3.63) is 0 Å². The molecular formula is C16H32N2. The van der Waals surface area contributed by atoms with Crippen molar-refractivity contribution >= 4 is 0 Å². The number of nitrogens with zero attached hydrogens (tertiary/aromatic N) is 1. The average Bonchev–Trinajstić information content (AvgIpc) is 2.75. The minimum absolute atomic E-state index is 0.275. The van der Waals surface area contributed by atoms with E-state index in [1.807, 2.05) is 0 Å². The van der Waals surface area contributed by atoms with Crippen LogP contribution in [0.3, 0.4) is 0 Å². The van der Waals surface area contributed by atoms with E-state index in [0.29, 0.717) is 0 Å². The standard InChI is InChI=1S/C16H32N2/c1-16(2,3)17-11-15-9-10-18(13-15)12-14-7-5-4-6-8-14/h14-15,17H,4-13H2,1-3H3. The summed E-state index contributed by atoms with van der Waals surface area (Å²) in [6, 6.07) is 0. The largest absolute Gasteiger partial charge is 0.312 e. The highest BCUT2D eigenvalue weighted by molar-refractivity contribution is 4.82. The Kier molecular flexibility index (Phi) is 5.08. The summed E-state index contributed by atoms with van der Waals surface area (Å²) in [4.78, 5) is 2.73. The fourth-order valence-corrected chi connectivity index (χ4v) is 3.43. The van der Waals surface area contributed by atoms with Crippen molar-refractivity contribution in [3.8, 4) is 0 Å². The molecule has 0 aromatic rings. The van der Waals surface area contributed by atoms with Gasteiger partial charge in [0.1, 0.15) is 0 Å². The molecule has 106 valence electrons. The van der Waals surface area contributed by atoms with Crippen LogP contribution in [0.4, 0.5) is 0 Å². The molecule has 1 heterocycles. The van der Waals surface area contributed by atoms with Crippen molar-refractivity contribution in [1.82, 2.24) is 10.2 Å². The van der Waals surface area contributed by atoms with Gasteiger partial charge in [0.25, 0.3) is 0 Å². The van der Waals surface area contributed by atoms with Crippen LogP contribution in [0.15, 0.2) is 0 Å². The summed E-state index contributed by atoms with van der Waals surface area (Å²) in [7, 11) is 0. The van der Waals surface area contributed by atoms with E-state index in [0.717, 1.165) is 11.8 Å². The molecule has 0 aromatic heterocycles. The van der Waals surface area contributed by atoms with E-state index >= 15 is 0 Å². The van der Waals surface area contributed by atoms with Gasteiger partial charge in [0.05, 0.1) is 0 Å². The third-order valence-corrected chi connectivity index (χ3v) is 4.53. The van der Waals surface area contributed by atoms with Gasteiger partial charge in [0, 0.05) is 18.6 Å². The van der Waals surface area contributed by atoms with Crippen LogP contribution in [0.5, 0.6) is 0 Å². The van der Waals surface area contributed by atoms with E-state index < -0.39 is 0 Å². The van der Waals surface area contributed by atoms with E-state index in [1.165, 1.54) is 64.7 Å². The summed E-state index contributed by atoms with van der Waals surface area (Å²) in [6.07, 6.45) is 8.81. The molecule has 0 spiro atoms. The van der Waals surface area contributed by atoms with Gasteiger partial charge in [-0.05, 0) is 65.0 Å². The Hall–Kier alpha value is -0.0800. The van der Waals surface area contributed by atoms with E-state index in [2.05, 4.69) is 31.0 Å². The Bertz CT molecular complexity index is 238. The molecule has 0 bridgehead atoms. The summed E-state index contributed by atoms with van der Waals surface area (Å²) >= 11 is 0. The van der Waals surface area contributed by atoms with Crippen molar-refractivity contribution in [2.24, 2.45) is 11.8 Å². The Morgan fingerprint density at radius 3 is 2.39 bits per heavy atom. The molecule has 1 aliphatic carbocycles. The van der Waals surface area contributed by atoms with Crippen molar-refractivity contribution in [2.75, 3.05) is 26.2 Å². The summed E-state index contributed by atoms with van der Waals surface area (Å²) in [5, 5.41) is 3.66. The maximum atomic E-state index is 3.66. The first-order valence-corrected chi connectivity index (χ1v) is 8.00. The molecular weight excluding hydrogens is 220 g/mol. The molecule has 1 saturated carbocycles. The zero-order valence-corrected chi connectivity index (χ0v) is 12.7. The lowest BCUT2D eigenvalue weighted by atomic mass is 9.89. The smallest absolute Gasteiger partial charge is 0.00966 e. The summed E-state index contributed by atoms with van der Waals surface area (Å²) in [5.74, 6) is 1.89. The van der Waals surface area contributed by atoms with E-state index in [-0.39, 0.29) is 5.54 Å². The van der Waals surface area contributed by atoms with Crippen LogP contribution >= 0.6 is 0 Å². The first-order valence-electron chi connectivity index (χ1n) is 8.00. The zero-order valence-electron chi connectivity index (χ0n) is 12.7. The molecule has 2 heteroatoms. The van der Waals surface area contributed by atoms with Gasteiger partial charge in [-0.3, -0.25) is 0 Å². The van der Waals surface area contributed by atoms with Crippen molar-refractivity contribution < 1.29 is 0 Å².